The Morgan fingerprint density at radius 3 is 2.86 bits per heavy atom. The average molecular weight is 194 g/mol. The largest absolute Gasteiger partial charge is 0.468 e. The second kappa shape index (κ2) is 4.83. The summed E-state index contributed by atoms with van der Waals surface area (Å²) in [5, 5.41) is 9.49. The molecule has 3 nitrogen and oxygen atoms in total. The van der Waals surface area contributed by atoms with Gasteiger partial charge in [-0.3, -0.25) is 4.79 Å². The predicted octanol–water partition coefficient (Wildman–Crippen LogP) is 0.880. The van der Waals surface area contributed by atoms with E-state index in [2.05, 4.69) is 23.2 Å². The minimum absolute atomic E-state index is 0.0194. The number of hydrogen-bond donors (Lipinski definition) is 1. The molecule has 14 heavy (non-hydrogen) atoms. The Morgan fingerprint density at radius 2 is 2.36 bits per heavy atom. The summed E-state index contributed by atoms with van der Waals surface area (Å²) in [6.07, 6.45) is 1.40. The quantitative estimate of drug-likeness (QED) is 0.412. The van der Waals surface area contributed by atoms with Crippen molar-refractivity contribution in [2.24, 2.45) is 5.92 Å². The molecule has 0 heterocycles. The van der Waals surface area contributed by atoms with E-state index >= 15 is 0 Å². The van der Waals surface area contributed by atoms with Crippen LogP contribution in [-0.2, 0) is 9.53 Å². The molecule has 0 amide bonds. The summed E-state index contributed by atoms with van der Waals surface area (Å²) in [5.41, 5.74) is 0.766. The van der Waals surface area contributed by atoms with Gasteiger partial charge in [0.25, 0.3) is 0 Å². The molecule has 1 N–H and O–H groups in total. The number of carbonyl (C=O) groups excluding carboxylic acids is 1. The number of carbonyl (C=O) groups is 1. The lowest BCUT2D eigenvalue weighted by molar-refractivity contribution is -0.139. The Morgan fingerprint density at radius 1 is 1.71 bits per heavy atom. The van der Waals surface area contributed by atoms with E-state index in [9.17, 15) is 9.90 Å². The zero-order valence-corrected chi connectivity index (χ0v) is 8.25. The number of methoxy groups -OCH3 is 1. The highest BCUT2D eigenvalue weighted by molar-refractivity contribution is 5.72. The molecule has 1 rings (SSSR count). The molecule has 3 heteroatoms. The SMILES string of the molecule is C=C(C(O)C#CCC(=O)OC)C1CC1. The summed E-state index contributed by atoms with van der Waals surface area (Å²) in [4.78, 5) is 10.7. The Bertz CT molecular complexity index is 291. The number of aliphatic hydroxyl groups is 1. The van der Waals surface area contributed by atoms with E-state index < -0.39 is 6.10 Å². The Labute approximate surface area is 83.8 Å². The van der Waals surface area contributed by atoms with Crippen LogP contribution in [0.1, 0.15) is 19.3 Å². The highest BCUT2D eigenvalue weighted by Crippen LogP contribution is 2.36. The van der Waals surface area contributed by atoms with Crippen LogP contribution in [0.3, 0.4) is 0 Å². The van der Waals surface area contributed by atoms with Crippen molar-refractivity contribution in [3.05, 3.63) is 12.2 Å². The Balaban J connectivity index is 2.34. The van der Waals surface area contributed by atoms with Crippen LogP contribution in [0.25, 0.3) is 0 Å². The van der Waals surface area contributed by atoms with Gasteiger partial charge in [0.05, 0.1) is 7.11 Å². The third-order valence-corrected chi connectivity index (χ3v) is 2.15. The van der Waals surface area contributed by atoms with Crippen molar-refractivity contribution in [1.29, 1.82) is 0 Å². The molecule has 76 valence electrons. The lowest BCUT2D eigenvalue weighted by Gasteiger charge is -2.04. The van der Waals surface area contributed by atoms with Crippen LogP contribution in [-0.4, -0.2) is 24.3 Å². The van der Waals surface area contributed by atoms with Gasteiger partial charge in [-0.05, 0) is 24.3 Å². The summed E-state index contributed by atoms with van der Waals surface area (Å²) in [5.74, 6) is 5.18. The smallest absolute Gasteiger partial charge is 0.317 e. The third-order valence-electron chi connectivity index (χ3n) is 2.15. The predicted molar refractivity (Wildman–Crippen MR) is 52.3 cm³/mol. The fraction of sp³-hybridized carbons (Fsp3) is 0.545. The molecule has 0 aromatic carbocycles. The van der Waals surface area contributed by atoms with E-state index in [1.807, 2.05) is 0 Å². The minimum atomic E-state index is -0.799. The maximum Gasteiger partial charge on any atom is 0.317 e. The molecule has 1 saturated carbocycles. The van der Waals surface area contributed by atoms with Gasteiger partial charge >= 0.3 is 5.97 Å². The van der Waals surface area contributed by atoms with Gasteiger partial charge in [-0.15, -0.1) is 0 Å². The fourth-order valence-corrected chi connectivity index (χ4v) is 1.06. The van der Waals surface area contributed by atoms with E-state index in [-0.39, 0.29) is 12.4 Å². The first-order chi connectivity index (χ1) is 6.65. The van der Waals surface area contributed by atoms with E-state index in [4.69, 9.17) is 0 Å². The Kier molecular flexibility index (Phi) is 3.73. The molecular weight excluding hydrogens is 180 g/mol. The second-order valence-corrected chi connectivity index (χ2v) is 3.33. The van der Waals surface area contributed by atoms with Crippen LogP contribution >= 0.6 is 0 Å². The molecule has 1 fully saturated rings. The van der Waals surface area contributed by atoms with E-state index in [0.717, 1.165) is 18.4 Å². The van der Waals surface area contributed by atoms with Crippen molar-refractivity contribution in [1.82, 2.24) is 0 Å². The average Bonchev–Trinajstić information content (AvgIpc) is 2.99. The van der Waals surface area contributed by atoms with Crippen LogP contribution in [0.2, 0.25) is 0 Å². The molecule has 0 bridgehead atoms. The summed E-state index contributed by atoms with van der Waals surface area (Å²) in [7, 11) is 1.31. The summed E-state index contributed by atoms with van der Waals surface area (Å²) >= 11 is 0. The molecule has 0 radical (unpaired) electrons. The molecule has 1 aliphatic rings. The number of ether oxygens (including phenoxy) is 1. The molecule has 0 spiro atoms. The van der Waals surface area contributed by atoms with Crippen molar-refractivity contribution < 1.29 is 14.6 Å². The van der Waals surface area contributed by atoms with Gasteiger partial charge < -0.3 is 9.84 Å². The van der Waals surface area contributed by atoms with E-state index in [1.165, 1.54) is 7.11 Å². The highest BCUT2D eigenvalue weighted by atomic mass is 16.5. The van der Waals surface area contributed by atoms with Crippen molar-refractivity contribution >= 4 is 5.97 Å². The van der Waals surface area contributed by atoms with E-state index in [1.54, 1.807) is 0 Å². The Hall–Kier alpha value is -1.27. The number of aliphatic hydroxyl groups excluding tert-OH is 1. The zero-order valence-electron chi connectivity index (χ0n) is 8.25. The first-order valence-corrected chi connectivity index (χ1v) is 4.57. The van der Waals surface area contributed by atoms with Crippen molar-refractivity contribution in [2.45, 2.75) is 25.4 Å². The van der Waals surface area contributed by atoms with Gasteiger partial charge in [0.1, 0.15) is 12.5 Å². The normalized spacial score (nSPS) is 16.4. The topological polar surface area (TPSA) is 46.5 Å². The number of rotatable bonds is 3. The third kappa shape index (κ3) is 3.23. The lowest BCUT2D eigenvalue weighted by Crippen LogP contribution is -2.08. The van der Waals surface area contributed by atoms with Crippen LogP contribution < -0.4 is 0 Å². The lowest BCUT2D eigenvalue weighted by atomic mass is 10.1. The molecule has 0 aliphatic heterocycles. The standard InChI is InChI=1S/C11H14O3/c1-8(9-6-7-9)10(12)4-3-5-11(13)14-2/h9-10,12H,1,5-7H2,2H3. The van der Waals surface area contributed by atoms with Crippen molar-refractivity contribution in [3.8, 4) is 11.8 Å². The zero-order chi connectivity index (χ0) is 10.6. The molecular formula is C11H14O3. The highest BCUT2D eigenvalue weighted by Gasteiger charge is 2.27. The van der Waals surface area contributed by atoms with Gasteiger partial charge in [-0.1, -0.05) is 18.4 Å². The van der Waals surface area contributed by atoms with Gasteiger partial charge in [-0.2, -0.15) is 0 Å². The maximum atomic E-state index is 10.7. The monoisotopic (exact) mass is 194 g/mol. The molecule has 1 unspecified atom stereocenters. The molecule has 0 aromatic rings. The van der Waals surface area contributed by atoms with Crippen LogP contribution in [0.5, 0.6) is 0 Å². The van der Waals surface area contributed by atoms with Gasteiger partial charge in [0.15, 0.2) is 0 Å². The van der Waals surface area contributed by atoms with Gasteiger partial charge in [0.2, 0.25) is 0 Å². The summed E-state index contributed by atoms with van der Waals surface area (Å²) < 4.78 is 4.41. The van der Waals surface area contributed by atoms with Crippen LogP contribution in [0.4, 0.5) is 0 Å². The summed E-state index contributed by atoms with van der Waals surface area (Å²) in [6.45, 7) is 3.77. The van der Waals surface area contributed by atoms with Crippen molar-refractivity contribution in [3.63, 3.8) is 0 Å². The molecule has 0 aromatic heterocycles. The molecule has 0 saturated heterocycles. The van der Waals surface area contributed by atoms with Crippen LogP contribution in [0.15, 0.2) is 12.2 Å². The molecule has 1 aliphatic carbocycles. The number of hydrogen-bond acceptors (Lipinski definition) is 3. The first-order valence-electron chi connectivity index (χ1n) is 4.57. The first kappa shape index (κ1) is 10.8. The second-order valence-electron chi connectivity index (χ2n) is 3.33. The van der Waals surface area contributed by atoms with Crippen molar-refractivity contribution in [2.75, 3.05) is 7.11 Å². The maximum absolute atomic E-state index is 10.7. The van der Waals surface area contributed by atoms with Gasteiger partial charge in [0, 0.05) is 0 Å². The molecule has 1 atom stereocenters. The van der Waals surface area contributed by atoms with Gasteiger partial charge in [-0.25, -0.2) is 0 Å². The minimum Gasteiger partial charge on any atom is -0.468 e. The number of esters is 1. The van der Waals surface area contributed by atoms with E-state index in [0.29, 0.717) is 5.92 Å². The summed E-state index contributed by atoms with van der Waals surface area (Å²) in [6, 6.07) is 0. The van der Waals surface area contributed by atoms with Crippen LogP contribution in [0, 0.1) is 17.8 Å². The fourth-order valence-electron chi connectivity index (χ4n) is 1.06.